The fraction of sp³-hybridized carbons (Fsp3) is 0.732. The summed E-state index contributed by atoms with van der Waals surface area (Å²) in [5.74, 6) is -2.59. The lowest BCUT2D eigenvalue weighted by atomic mass is 9.89. The summed E-state index contributed by atoms with van der Waals surface area (Å²) in [6.45, 7) is 12.8. The molecule has 0 bridgehead atoms. The van der Waals surface area contributed by atoms with Gasteiger partial charge in [0.2, 0.25) is 23.6 Å². The molecule has 1 heterocycles. The van der Waals surface area contributed by atoms with Gasteiger partial charge in [0, 0.05) is 40.2 Å². The van der Waals surface area contributed by atoms with Crippen molar-refractivity contribution in [3.63, 3.8) is 0 Å². The van der Waals surface area contributed by atoms with Gasteiger partial charge in [-0.05, 0) is 56.7 Å². The highest BCUT2D eigenvalue weighted by Crippen LogP contribution is 2.30. The monoisotopic (exact) mass is 760 g/mol. The van der Waals surface area contributed by atoms with E-state index < -0.39 is 42.2 Å². The van der Waals surface area contributed by atoms with Crippen LogP contribution in [-0.2, 0) is 44.6 Å². The standard InChI is InChI=1S/C41H69N5O8/c1-12-27(4)36(45(8)40(50)35(26(2)3)44-38(48)28(5)18-16-22-42-7)33(52-9)25-34(47)46-23-17-21-32(46)37(53-10)29(6)39(49)43-31(41(51)54-11)24-30-19-14-13-15-20-30/h13-15,19-20,26-29,31-33,35-37,42H,12,16-18,21-25H2,1-11H3,(H,43,49)(H,44,48)/t27-,28?,29+,31-,32-,33+,35-,36-,37+/m0/s1. The minimum Gasteiger partial charge on any atom is -0.467 e. The minimum absolute atomic E-state index is 0.0132. The topological polar surface area (TPSA) is 156 Å². The number of nitrogens with one attached hydrogen (secondary N) is 3. The number of methoxy groups -OCH3 is 3. The molecule has 0 spiro atoms. The van der Waals surface area contributed by atoms with Crippen LogP contribution in [0.3, 0.4) is 0 Å². The lowest BCUT2D eigenvalue weighted by Gasteiger charge is -2.41. The van der Waals surface area contributed by atoms with Crippen LogP contribution in [0.4, 0.5) is 0 Å². The average Bonchev–Trinajstić information content (AvgIpc) is 3.65. The molecule has 2 rings (SSSR count). The number of hydrogen-bond donors (Lipinski definition) is 3. The molecule has 1 aliphatic heterocycles. The Kier molecular flexibility index (Phi) is 20.2. The Labute approximate surface area is 324 Å². The number of esters is 1. The van der Waals surface area contributed by atoms with Gasteiger partial charge in [0.15, 0.2) is 0 Å². The molecule has 54 heavy (non-hydrogen) atoms. The second-order valence-corrected chi connectivity index (χ2v) is 15.2. The highest BCUT2D eigenvalue weighted by Gasteiger charge is 2.43. The molecule has 1 unspecified atom stereocenters. The number of likely N-dealkylation sites (N-methyl/N-ethyl adjacent to an activating group) is 1. The third kappa shape index (κ3) is 13.0. The van der Waals surface area contributed by atoms with Crippen molar-refractivity contribution in [2.45, 2.75) is 123 Å². The molecule has 1 aromatic carbocycles. The number of nitrogens with zero attached hydrogens (tertiary/aromatic N) is 2. The smallest absolute Gasteiger partial charge is 0.328 e. The second kappa shape index (κ2) is 23.4. The normalized spacial score (nSPS) is 18.8. The van der Waals surface area contributed by atoms with Crippen molar-refractivity contribution >= 4 is 29.6 Å². The van der Waals surface area contributed by atoms with Crippen molar-refractivity contribution in [3.8, 4) is 0 Å². The molecule has 1 aromatic rings. The van der Waals surface area contributed by atoms with Crippen molar-refractivity contribution < 1.29 is 38.2 Å². The van der Waals surface area contributed by atoms with Crippen molar-refractivity contribution in [2.75, 3.05) is 48.5 Å². The molecular formula is C41H69N5O8. The zero-order chi connectivity index (χ0) is 40.5. The first-order valence-corrected chi connectivity index (χ1v) is 19.7. The maximum absolute atomic E-state index is 14.2. The first-order valence-electron chi connectivity index (χ1n) is 19.7. The van der Waals surface area contributed by atoms with Gasteiger partial charge >= 0.3 is 5.97 Å². The molecule has 0 aromatic heterocycles. The number of amides is 4. The molecule has 1 aliphatic rings. The largest absolute Gasteiger partial charge is 0.467 e. The van der Waals surface area contributed by atoms with E-state index >= 15 is 0 Å². The number of ether oxygens (including phenoxy) is 3. The maximum atomic E-state index is 14.2. The van der Waals surface area contributed by atoms with Gasteiger partial charge in [-0.15, -0.1) is 0 Å². The minimum atomic E-state index is -0.888. The number of hydrogen-bond acceptors (Lipinski definition) is 9. The summed E-state index contributed by atoms with van der Waals surface area (Å²) < 4.78 is 16.9. The van der Waals surface area contributed by atoms with Crippen LogP contribution in [0.2, 0.25) is 0 Å². The molecule has 1 fully saturated rings. The number of likely N-dealkylation sites (tertiary alicyclic amines) is 1. The molecule has 0 saturated carbocycles. The Morgan fingerprint density at radius 1 is 0.944 bits per heavy atom. The summed E-state index contributed by atoms with van der Waals surface area (Å²) in [4.78, 5) is 71.2. The van der Waals surface area contributed by atoms with Gasteiger partial charge in [0.05, 0.1) is 43.7 Å². The molecule has 306 valence electrons. The quantitative estimate of drug-likeness (QED) is 0.112. The Morgan fingerprint density at radius 3 is 2.17 bits per heavy atom. The summed E-state index contributed by atoms with van der Waals surface area (Å²) in [7, 11) is 7.98. The lowest BCUT2D eigenvalue weighted by molar-refractivity contribution is -0.149. The first-order chi connectivity index (χ1) is 25.7. The third-order valence-electron chi connectivity index (χ3n) is 11.1. The Morgan fingerprint density at radius 2 is 1.61 bits per heavy atom. The zero-order valence-electron chi connectivity index (χ0n) is 34.7. The highest BCUT2D eigenvalue weighted by atomic mass is 16.5. The number of carbonyl (C=O) groups is 5. The van der Waals surface area contributed by atoms with Gasteiger partial charge in [-0.25, -0.2) is 4.79 Å². The van der Waals surface area contributed by atoms with Crippen LogP contribution in [0.5, 0.6) is 0 Å². The van der Waals surface area contributed by atoms with E-state index in [0.29, 0.717) is 19.4 Å². The van der Waals surface area contributed by atoms with Gasteiger partial charge in [-0.1, -0.05) is 78.3 Å². The third-order valence-corrected chi connectivity index (χ3v) is 11.1. The molecule has 13 heteroatoms. The molecule has 0 radical (unpaired) electrons. The summed E-state index contributed by atoms with van der Waals surface area (Å²) in [6, 6.07) is 6.92. The van der Waals surface area contributed by atoms with E-state index in [9.17, 15) is 24.0 Å². The van der Waals surface area contributed by atoms with Crippen molar-refractivity contribution in [3.05, 3.63) is 35.9 Å². The van der Waals surface area contributed by atoms with Crippen LogP contribution < -0.4 is 16.0 Å². The average molecular weight is 760 g/mol. The number of benzene rings is 1. The van der Waals surface area contributed by atoms with E-state index in [4.69, 9.17) is 14.2 Å². The fourth-order valence-corrected chi connectivity index (χ4v) is 7.54. The van der Waals surface area contributed by atoms with Crippen LogP contribution in [0.15, 0.2) is 30.3 Å². The summed E-state index contributed by atoms with van der Waals surface area (Å²) in [5.41, 5.74) is 0.877. The Hall–Kier alpha value is -3.55. The molecule has 3 N–H and O–H groups in total. The summed E-state index contributed by atoms with van der Waals surface area (Å²) in [5, 5.41) is 8.98. The predicted octanol–water partition coefficient (Wildman–Crippen LogP) is 3.58. The molecule has 13 nitrogen and oxygen atoms in total. The van der Waals surface area contributed by atoms with E-state index in [1.165, 1.54) is 14.2 Å². The molecule has 9 atom stereocenters. The second-order valence-electron chi connectivity index (χ2n) is 15.2. The van der Waals surface area contributed by atoms with Crippen LogP contribution in [0.25, 0.3) is 0 Å². The van der Waals surface area contributed by atoms with Gasteiger partial charge in [0.25, 0.3) is 0 Å². The molecule has 1 saturated heterocycles. The van der Waals surface area contributed by atoms with Crippen LogP contribution in [0, 0.1) is 23.7 Å². The first kappa shape index (κ1) is 46.6. The Balaban J connectivity index is 2.24. The van der Waals surface area contributed by atoms with Gasteiger partial charge in [-0.2, -0.15) is 0 Å². The maximum Gasteiger partial charge on any atom is 0.328 e. The molecular weight excluding hydrogens is 690 g/mol. The van der Waals surface area contributed by atoms with Crippen molar-refractivity contribution in [1.29, 1.82) is 0 Å². The summed E-state index contributed by atoms with van der Waals surface area (Å²) >= 11 is 0. The Bertz CT molecular complexity index is 1330. The number of rotatable bonds is 23. The molecule has 0 aliphatic carbocycles. The van der Waals surface area contributed by atoms with E-state index in [1.807, 2.05) is 72.0 Å². The van der Waals surface area contributed by atoms with Crippen molar-refractivity contribution in [1.82, 2.24) is 25.8 Å². The lowest BCUT2D eigenvalue weighted by Crippen LogP contribution is -2.58. The molecule has 4 amide bonds. The van der Waals surface area contributed by atoms with Gasteiger partial charge in [-0.3, -0.25) is 19.2 Å². The van der Waals surface area contributed by atoms with Crippen LogP contribution in [0.1, 0.15) is 85.6 Å². The number of carbonyl (C=O) groups excluding carboxylic acids is 5. The van der Waals surface area contributed by atoms with Crippen LogP contribution in [-0.4, -0.2) is 124 Å². The predicted molar refractivity (Wildman–Crippen MR) is 209 cm³/mol. The fourth-order valence-electron chi connectivity index (χ4n) is 7.54. The van der Waals surface area contributed by atoms with E-state index in [0.717, 1.165) is 31.4 Å². The SMILES string of the molecule is CC[C@H](C)[C@@H]([C@@H](CC(=O)N1CCC[C@H]1[C@H](OC)[C@@H](C)C(=O)N[C@@H](Cc1ccccc1)C(=O)OC)OC)N(C)C(=O)[C@@H](NC(=O)C(C)CCCNC)C(C)C. The van der Waals surface area contributed by atoms with Crippen molar-refractivity contribution in [2.24, 2.45) is 23.7 Å². The zero-order valence-corrected chi connectivity index (χ0v) is 34.7. The van der Waals surface area contributed by atoms with Gasteiger partial charge in [0.1, 0.15) is 12.1 Å². The van der Waals surface area contributed by atoms with Gasteiger partial charge < -0.3 is 40.0 Å². The van der Waals surface area contributed by atoms with E-state index in [1.54, 1.807) is 30.9 Å². The van der Waals surface area contributed by atoms with Crippen LogP contribution >= 0.6 is 0 Å². The van der Waals surface area contributed by atoms with E-state index in [2.05, 4.69) is 16.0 Å². The highest BCUT2D eigenvalue weighted by molar-refractivity contribution is 5.89. The van der Waals surface area contributed by atoms with E-state index in [-0.39, 0.29) is 60.3 Å². The summed E-state index contributed by atoms with van der Waals surface area (Å²) in [6.07, 6.45) is 2.68.